The zero-order valence-electron chi connectivity index (χ0n) is 12.2. The molecule has 1 aromatic carbocycles. The molecule has 1 aromatic heterocycles. The Morgan fingerprint density at radius 1 is 1.13 bits per heavy atom. The highest BCUT2D eigenvalue weighted by atomic mass is 19.4. The standard InChI is InChI=1S/C17H14F3N3/c18-17(19,20)13-6-4-12(5-7-13)11-23(15-8-9-15)16-3-1-2-14(10-21)22-16/h1-7,15H,8-9,11H2. The number of alkyl halides is 3. The quantitative estimate of drug-likeness (QED) is 0.851. The lowest BCUT2D eigenvalue weighted by molar-refractivity contribution is -0.137. The molecule has 0 saturated heterocycles. The summed E-state index contributed by atoms with van der Waals surface area (Å²) in [6.45, 7) is 0.477. The van der Waals surface area contributed by atoms with Crippen LogP contribution in [-0.4, -0.2) is 11.0 Å². The molecule has 0 radical (unpaired) electrons. The van der Waals surface area contributed by atoms with E-state index in [0.29, 0.717) is 24.1 Å². The molecule has 1 saturated carbocycles. The van der Waals surface area contributed by atoms with Crippen LogP contribution < -0.4 is 4.90 Å². The minimum Gasteiger partial charge on any atom is -0.349 e. The fraction of sp³-hybridized carbons (Fsp3) is 0.294. The third-order valence-corrected chi connectivity index (χ3v) is 3.77. The van der Waals surface area contributed by atoms with Crippen molar-refractivity contribution in [2.45, 2.75) is 31.6 Å². The van der Waals surface area contributed by atoms with Gasteiger partial charge in [0.25, 0.3) is 0 Å². The predicted molar refractivity (Wildman–Crippen MR) is 79.6 cm³/mol. The van der Waals surface area contributed by atoms with Gasteiger partial charge in [0.2, 0.25) is 0 Å². The molecule has 1 aliphatic carbocycles. The molecule has 1 heterocycles. The fourth-order valence-electron chi connectivity index (χ4n) is 2.42. The van der Waals surface area contributed by atoms with Crippen molar-refractivity contribution in [1.82, 2.24) is 4.98 Å². The van der Waals surface area contributed by atoms with Gasteiger partial charge in [-0.1, -0.05) is 18.2 Å². The van der Waals surface area contributed by atoms with E-state index in [1.165, 1.54) is 12.1 Å². The van der Waals surface area contributed by atoms with Gasteiger partial charge in [-0.05, 0) is 42.7 Å². The zero-order chi connectivity index (χ0) is 16.4. The highest BCUT2D eigenvalue weighted by Crippen LogP contribution is 2.33. The van der Waals surface area contributed by atoms with E-state index in [1.54, 1.807) is 12.1 Å². The molecule has 1 aliphatic rings. The Hall–Kier alpha value is -2.55. The van der Waals surface area contributed by atoms with E-state index in [-0.39, 0.29) is 0 Å². The summed E-state index contributed by atoms with van der Waals surface area (Å²) in [4.78, 5) is 6.34. The minimum atomic E-state index is -4.32. The van der Waals surface area contributed by atoms with Gasteiger partial charge in [0.15, 0.2) is 0 Å². The first-order chi connectivity index (χ1) is 11.0. The summed E-state index contributed by atoms with van der Waals surface area (Å²) in [6, 6.07) is 12.7. The van der Waals surface area contributed by atoms with Crippen LogP contribution in [0.25, 0.3) is 0 Å². The van der Waals surface area contributed by atoms with Gasteiger partial charge in [0.05, 0.1) is 5.56 Å². The Morgan fingerprint density at radius 3 is 2.39 bits per heavy atom. The number of aromatic nitrogens is 1. The van der Waals surface area contributed by atoms with Crippen LogP contribution in [0.5, 0.6) is 0 Å². The van der Waals surface area contributed by atoms with Crippen molar-refractivity contribution in [2.24, 2.45) is 0 Å². The van der Waals surface area contributed by atoms with E-state index in [1.807, 2.05) is 17.0 Å². The highest BCUT2D eigenvalue weighted by molar-refractivity contribution is 5.45. The van der Waals surface area contributed by atoms with Gasteiger partial charge in [-0.15, -0.1) is 0 Å². The van der Waals surface area contributed by atoms with Crippen molar-refractivity contribution in [3.8, 4) is 6.07 Å². The van der Waals surface area contributed by atoms with Gasteiger partial charge in [0, 0.05) is 12.6 Å². The summed E-state index contributed by atoms with van der Waals surface area (Å²) in [5.41, 5.74) is 0.471. The first kappa shape index (κ1) is 15.3. The average Bonchev–Trinajstić information content (AvgIpc) is 3.37. The Bertz CT molecular complexity index is 728. The van der Waals surface area contributed by atoms with Gasteiger partial charge < -0.3 is 4.90 Å². The summed E-state index contributed by atoms with van der Waals surface area (Å²) in [7, 11) is 0. The lowest BCUT2D eigenvalue weighted by Crippen LogP contribution is -2.26. The van der Waals surface area contributed by atoms with Gasteiger partial charge >= 0.3 is 6.18 Å². The van der Waals surface area contributed by atoms with Crippen LogP contribution in [0.4, 0.5) is 19.0 Å². The van der Waals surface area contributed by atoms with E-state index in [4.69, 9.17) is 5.26 Å². The van der Waals surface area contributed by atoms with E-state index >= 15 is 0 Å². The monoisotopic (exact) mass is 317 g/mol. The molecular weight excluding hydrogens is 303 g/mol. The molecule has 0 unspecified atom stereocenters. The van der Waals surface area contributed by atoms with Crippen LogP contribution in [0.15, 0.2) is 42.5 Å². The summed E-state index contributed by atoms with van der Waals surface area (Å²) in [5.74, 6) is 0.687. The van der Waals surface area contributed by atoms with Crippen LogP contribution in [0.1, 0.15) is 29.7 Å². The van der Waals surface area contributed by atoms with Crippen molar-refractivity contribution in [1.29, 1.82) is 5.26 Å². The molecule has 0 bridgehead atoms. The smallest absolute Gasteiger partial charge is 0.349 e. The first-order valence-corrected chi connectivity index (χ1v) is 7.27. The normalized spacial score (nSPS) is 14.3. The van der Waals surface area contributed by atoms with Gasteiger partial charge in [-0.25, -0.2) is 4.98 Å². The molecule has 2 aromatic rings. The number of rotatable bonds is 4. The summed E-state index contributed by atoms with van der Waals surface area (Å²) in [6.07, 6.45) is -2.27. The van der Waals surface area contributed by atoms with Crippen molar-refractivity contribution in [3.05, 3.63) is 59.3 Å². The van der Waals surface area contributed by atoms with Crippen LogP contribution in [-0.2, 0) is 12.7 Å². The molecule has 3 nitrogen and oxygen atoms in total. The van der Waals surface area contributed by atoms with E-state index in [9.17, 15) is 13.2 Å². The maximum atomic E-state index is 12.6. The fourth-order valence-corrected chi connectivity index (χ4v) is 2.42. The van der Waals surface area contributed by atoms with Gasteiger partial charge in [0.1, 0.15) is 17.6 Å². The second-order valence-corrected chi connectivity index (χ2v) is 5.55. The van der Waals surface area contributed by atoms with Crippen molar-refractivity contribution >= 4 is 5.82 Å². The van der Waals surface area contributed by atoms with E-state index in [0.717, 1.165) is 30.5 Å². The molecule has 0 atom stereocenters. The largest absolute Gasteiger partial charge is 0.416 e. The van der Waals surface area contributed by atoms with Crippen molar-refractivity contribution in [2.75, 3.05) is 4.90 Å². The summed E-state index contributed by atoms with van der Waals surface area (Å²) < 4.78 is 37.9. The maximum absolute atomic E-state index is 12.6. The Kier molecular flexibility index (Phi) is 3.95. The minimum absolute atomic E-state index is 0.332. The molecule has 3 rings (SSSR count). The lowest BCUT2D eigenvalue weighted by atomic mass is 10.1. The van der Waals surface area contributed by atoms with Crippen LogP contribution in [0.2, 0.25) is 0 Å². The van der Waals surface area contributed by atoms with Crippen molar-refractivity contribution in [3.63, 3.8) is 0 Å². The second kappa shape index (κ2) is 5.92. The third kappa shape index (κ3) is 3.62. The summed E-state index contributed by atoms with van der Waals surface area (Å²) in [5, 5.41) is 8.96. The topological polar surface area (TPSA) is 39.9 Å². The number of benzene rings is 1. The number of anilines is 1. The molecule has 6 heteroatoms. The molecule has 118 valence electrons. The zero-order valence-corrected chi connectivity index (χ0v) is 12.2. The van der Waals surface area contributed by atoms with Crippen molar-refractivity contribution < 1.29 is 13.2 Å². The van der Waals surface area contributed by atoms with E-state index in [2.05, 4.69) is 4.98 Å². The lowest BCUT2D eigenvalue weighted by Gasteiger charge is -2.24. The summed E-state index contributed by atoms with van der Waals surface area (Å²) >= 11 is 0. The number of nitrogens with zero attached hydrogens (tertiary/aromatic N) is 3. The van der Waals surface area contributed by atoms with Gasteiger partial charge in [-0.2, -0.15) is 18.4 Å². The molecule has 0 amide bonds. The number of pyridine rings is 1. The number of hydrogen-bond acceptors (Lipinski definition) is 3. The predicted octanol–water partition coefficient (Wildman–Crippen LogP) is 4.14. The maximum Gasteiger partial charge on any atom is 0.416 e. The Labute approximate surface area is 132 Å². The van der Waals surface area contributed by atoms with Crippen LogP contribution in [0, 0.1) is 11.3 Å². The molecular formula is C17H14F3N3. The molecule has 0 spiro atoms. The Morgan fingerprint density at radius 2 is 1.83 bits per heavy atom. The first-order valence-electron chi connectivity index (χ1n) is 7.27. The highest BCUT2D eigenvalue weighted by Gasteiger charge is 2.32. The number of halogens is 3. The second-order valence-electron chi connectivity index (χ2n) is 5.55. The Balaban J connectivity index is 1.82. The molecule has 0 aliphatic heterocycles. The SMILES string of the molecule is N#Cc1cccc(N(Cc2ccc(C(F)(F)F)cc2)C2CC2)n1. The third-order valence-electron chi connectivity index (χ3n) is 3.77. The van der Waals surface area contributed by atoms with Crippen LogP contribution >= 0.6 is 0 Å². The van der Waals surface area contributed by atoms with Gasteiger partial charge in [-0.3, -0.25) is 0 Å². The molecule has 0 N–H and O–H groups in total. The average molecular weight is 317 g/mol. The van der Waals surface area contributed by atoms with E-state index < -0.39 is 11.7 Å². The van der Waals surface area contributed by atoms with Crippen LogP contribution in [0.3, 0.4) is 0 Å². The number of hydrogen-bond donors (Lipinski definition) is 0. The number of nitriles is 1. The molecule has 23 heavy (non-hydrogen) atoms. The molecule has 1 fully saturated rings.